The van der Waals surface area contributed by atoms with Crippen molar-refractivity contribution in [1.82, 2.24) is 5.32 Å². The number of rotatable bonds is 6. The molecule has 1 atom stereocenters. The first-order chi connectivity index (χ1) is 6.82. The molecule has 0 saturated carbocycles. The Hall–Kier alpha value is 0.150. The van der Waals surface area contributed by atoms with E-state index in [4.69, 9.17) is 10.2 Å². The van der Waals surface area contributed by atoms with Gasteiger partial charge in [-0.2, -0.15) is 0 Å². The van der Waals surface area contributed by atoms with Crippen molar-refractivity contribution in [2.45, 2.75) is 26.3 Å². The van der Waals surface area contributed by atoms with E-state index in [9.17, 15) is 14.4 Å². The van der Waals surface area contributed by atoms with Crippen LogP contribution < -0.4 is 5.32 Å². The first-order valence-corrected chi connectivity index (χ1v) is 4.23. The van der Waals surface area contributed by atoms with Crippen LogP contribution in [0.2, 0.25) is 0 Å². The monoisotopic (exact) mass is 263 g/mol. The zero-order valence-corrected chi connectivity index (χ0v) is 8.48. The molecule has 0 aromatic heterocycles. The number of carboxylic acid groups (broad SMARTS) is 2. The van der Waals surface area contributed by atoms with Gasteiger partial charge in [0.05, 0.1) is 6.42 Å². The van der Waals surface area contributed by atoms with E-state index in [1.54, 1.807) is 0 Å². The minimum absolute atomic E-state index is 0. The van der Waals surface area contributed by atoms with Gasteiger partial charge in [-0.15, -0.1) is 0 Å². The van der Waals surface area contributed by atoms with Crippen molar-refractivity contribution < 1.29 is 24.6 Å². The Morgan fingerprint density at radius 2 is 1.65 bits per heavy atom. The van der Waals surface area contributed by atoms with Gasteiger partial charge in [0.25, 0.3) is 0 Å². The predicted octanol–water partition coefficient (Wildman–Crippen LogP) is -1.30. The van der Waals surface area contributed by atoms with E-state index in [-0.39, 0.29) is 64.9 Å². The number of carbonyl (C=O) groups is 3. The average molecular weight is 263 g/mol. The summed E-state index contributed by atoms with van der Waals surface area (Å²) in [4.78, 5) is 31.6. The summed E-state index contributed by atoms with van der Waals surface area (Å²) in [7, 11) is 0. The van der Waals surface area contributed by atoms with Crippen LogP contribution in [0.4, 0.5) is 0 Å². The van der Waals surface area contributed by atoms with Crippen LogP contribution in [0.5, 0.6) is 0 Å². The molecule has 0 aliphatic carbocycles. The molecule has 0 aliphatic heterocycles. The average Bonchev–Trinajstić information content (AvgIpc) is 1.99. The summed E-state index contributed by atoms with van der Waals surface area (Å²) in [5.41, 5.74) is 0.330. The van der Waals surface area contributed by atoms with Crippen LogP contribution in [0.1, 0.15) is 20.3 Å². The molecule has 88 valence electrons. The molecule has 0 unspecified atom stereocenters. The SMILES string of the molecule is CC(=O)/C=C(\C)N[C@@H](CC(=O)O)C(=O)O.[NaH].[NaH]. The van der Waals surface area contributed by atoms with Gasteiger partial charge in [-0.05, 0) is 19.9 Å². The number of carbonyl (C=O) groups excluding carboxylic acids is 1. The van der Waals surface area contributed by atoms with Crippen LogP contribution in [-0.4, -0.2) is 93.1 Å². The Morgan fingerprint density at radius 3 is 1.94 bits per heavy atom. The summed E-state index contributed by atoms with van der Waals surface area (Å²) in [5.74, 6) is -2.72. The summed E-state index contributed by atoms with van der Waals surface area (Å²) in [6.07, 6.45) is 0.663. The Balaban J connectivity index is -0.000000980. The van der Waals surface area contributed by atoms with Crippen molar-refractivity contribution >= 4 is 76.8 Å². The topological polar surface area (TPSA) is 104 Å². The summed E-state index contributed by atoms with van der Waals surface area (Å²) in [5, 5.41) is 19.5. The molecule has 0 bridgehead atoms. The number of aliphatic carboxylic acids is 2. The molecule has 0 aromatic carbocycles. The zero-order valence-electron chi connectivity index (χ0n) is 8.48. The molecule has 0 spiro atoms. The molecule has 0 radical (unpaired) electrons. The van der Waals surface area contributed by atoms with Crippen molar-refractivity contribution in [3.05, 3.63) is 11.8 Å². The van der Waals surface area contributed by atoms with Crippen molar-refractivity contribution in [2.75, 3.05) is 0 Å². The molecule has 6 nitrogen and oxygen atoms in total. The van der Waals surface area contributed by atoms with E-state index < -0.39 is 24.4 Å². The van der Waals surface area contributed by atoms with Gasteiger partial charge in [0.15, 0.2) is 5.78 Å². The molecule has 0 aromatic rings. The first-order valence-electron chi connectivity index (χ1n) is 4.23. The number of hydrogen-bond acceptors (Lipinski definition) is 4. The maximum absolute atomic E-state index is 10.6. The fourth-order valence-electron chi connectivity index (χ4n) is 0.996. The van der Waals surface area contributed by atoms with Gasteiger partial charge >= 0.3 is 71.1 Å². The van der Waals surface area contributed by atoms with E-state index >= 15 is 0 Å². The molecule has 0 rings (SSSR count). The fourth-order valence-corrected chi connectivity index (χ4v) is 0.996. The van der Waals surface area contributed by atoms with Crippen LogP contribution >= 0.6 is 0 Å². The van der Waals surface area contributed by atoms with E-state index in [0.717, 1.165) is 0 Å². The quantitative estimate of drug-likeness (QED) is 0.406. The van der Waals surface area contributed by atoms with Crippen molar-refractivity contribution in [3.8, 4) is 0 Å². The van der Waals surface area contributed by atoms with E-state index in [0.29, 0.717) is 5.70 Å². The third-order valence-electron chi connectivity index (χ3n) is 1.50. The third kappa shape index (κ3) is 12.4. The van der Waals surface area contributed by atoms with Gasteiger partial charge < -0.3 is 15.5 Å². The van der Waals surface area contributed by atoms with Gasteiger partial charge in [-0.1, -0.05) is 0 Å². The molecular weight excluding hydrogens is 248 g/mol. The zero-order chi connectivity index (χ0) is 12.0. The predicted molar refractivity (Wildman–Crippen MR) is 65.5 cm³/mol. The third-order valence-corrected chi connectivity index (χ3v) is 1.50. The van der Waals surface area contributed by atoms with E-state index in [1.807, 2.05) is 0 Å². The number of hydrogen-bond donors (Lipinski definition) is 3. The van der Waals surface area contributed by atoms with Crippen LogP contribution in [0.15, 0.2) is 11.8 Å². The van der Waals surface area contributed by atoms with Gasteiger partial charge in [-0.3, -0.25) is 9.59 Å². The molecule has 0 fully saturated rings. The first kappa shape index (κ1) is 22.3. The standard InChI is InChI=1S/C9H13NO5.2Na.2H/c1-5(3-6(2)11)10-7(9(14)15)4-8(12)13;;;;/h3,7,10H,4H2,1-2H3,(H,12,13)(H,14,15);;;;/b5-3+;;;;/t7-;;;;/m0..../s1. The van der Waals surface area contributed by atoms with Crippen molar-refractivity contribution in [2.24, 2.45) is 0 Å². The maximum atomic E-state index is 10.6. The number of allylic oxidation sites excluding steroid dienone is 2. The second kappa shape index (κ2) is 11.3. The second-order valence-electron chi connectivity index (χ2n) is 3.07. The number of nitrogens with one attached hydrogen (secondary N) is 1. The Kier molecular flexibility index (Phi) is 14.8. The molecule has 17 heavy (non-hydrogen) atoms. The molecule has 0 aliphatic rings. The molecule has 0 saturated heterocycles. The van der Waals surface area contributed by atoms with Crippen LogP contribution in [0, 0.1) is 0 Å². The van der Waals surface area contributed by atoms with Crippen molar-refractivity contribution in [1.29, 1.82) is 0 Å². The van der Waals surface area contributed by atoms with E-state index in [1.165, 1.54) is 19.9 Å². The normalized spacial score (nSPS) is 11.5. The molecule has 3 N–H and O–H groups in total. The van der Waals surface area contributed by atoms with Gasteiger partial charge in [0.1, 0.15) is 6.04 Å². The number of ketones is 1. The minimum atomic E-state index is -1.27. The number of carboxylic acids is 2. The second-order valence-corrected chi connectivity index (χ2v) is 3.07. The Bertz CT molecular complexity index is 317. The molecule has 0 heterocycles. The fraction of sp³-hybridized carbons (Fsp3) is 0.444. The van der Waals surface area contributed by atoms with Crippen LogP contribution in [-0.2, 0) is 14.4 Å². The molecule has 8 heteroatoms. The van der Waals surface area contributed by atoms with Crippen molar-refractivity contribution in [3.63, 3.8) is 0 Å². The Morgan fingerprint density at radius 1 is 1.18 bits per heavy atom. The van der Waals surface area contributed by atoms with Gasteiger partial charge in [0, 0.05) is 5.70 Å². The summed E-state index contributed by atoms with van der Waals surface area (Å²) in [6.45, 7) is 2.82. The van der Waals surface area contributed by atoms with Gasteiger partial charge in [-0.25, -0.2) is 4.79 Å². The summed E-state index contributed by atoms with van der Waals surface area (Å²) in [6, 6.07) is -1.22. The molecular formula is C9H15NNa2O5. The summed E-state index contributed by atoms with van der Waals surface area (Å²) >= 11 is 0. The van der Waals surface area contributed by atoms with Crippen LogP contribution in [0.25, 0.3) is 0 Å². The van der Waals surface area contributed by atoms with Gasteiger partial charge in [0.2, 0.25) is 0 Å². The summed E-state index contributed by atoms with van der Waals surface area (Å²) < 4.78 is 0. The van der Waals surface area contributed by atoms with Crippen LogP contribution in [0.3, 0.4) is 0 Å². The molecule has 0 amide bonds. The Labute approximate surface area is 143 Å². The van der Waals surface area contributed by atoms with E-state index in [2.05, 4.69) is 5.32 Å².